The van der Waals surface area contributed by atoms with E-state index in [1.165, 1.54) is 35.1 Å². The van der Waals surface area contributed by atoms with Crippen LogP contribution in [0.1, 0.15) is 5.56 Å². The van der Waals surface area contributed by atoms with Gasteiger partial charge in [0.2, 0.25) is 5.91 Å². The van der Waals surface area contributed by atoms with Crippen LogP contribution in [0.25, 0.3) is 15.9 Å². The minimum atomic E-state index is -0.666. The molecule has 0 atom stereocenters. The summed E-state index contributed by atoms with van der Waals surface area (Å²) in [5.41, 5.74) is 0.0340. The number of hydrogen-bond acceptors (Lipinski definition) is 5. The first-order valence-corrected chi connectivity index (χ1v) is 10.7. The van der Waals surface area contributed by atoms with Crippen LogP contribution in [-0.4, -0.2) is 22.2 Å². The lowest BCUT2D eigenvalue weighted by atomic mass is 10.2. The number of benzene rings is 2. The number of nitrogens with one attached hydrogen (secondary N) is 1. The molecule has 164 valence electrons. The van der Waals surface area contributed by atoms with Crippen molar-refractivity contribution in [3.05, 3.63) is 91.2 Å². The van der Waals surface area contributed by atoms with E-state index < -0.39 is 23.0 Å². The lowest BCUT2D eigenvalue weighted by Crippen LogP contribution is -2.41. The van der Waals surface area contributed by atoms with Gasteiger partial charge in [-0.25, -0.2) is 13.8 Å². The fraction of sp³-hybridized carbons (Fsp3) is 0.136. The predicted octanol–water partition coefficient (Wildman–Crippen LogP) is 3.33. The molecule has 0 radical (unpaired) electrons. The Morgan fingerprint density at radius 1 is 1.19 bits per heavy atom. The van der Waals surface area contributed by atoms with Crippen LogP contribution >= 0.6 is 22.9 Å². The zero-order valence-corrected chi connectivity index (χ0v) is 18.4. The number of carbonyl (C=O) groups is 1. The summed E-state index contributed by atoms with van der Waals surface area (Å²) in [5.74, 6) is -0.593. The van der Waals surface area contributed by atoms with Crippen molar-refractivity contribution in [2.75, 3.05) is 7.11 Å². The van der Waals surface area contributed by atoms with Crippen molar-refractivity contribution in [3.63, 3.8) is 0 Å². The Morgan fingerprint density at radius 3 is 2.72 bits per heavy atom. The second-order valence-electron chi connectivity index (χ2n) is 6.83. The Hall–Kier alpha value is -3.43. The highest BCUT2D eigenvalue weighted by Gasteiger charge is 2.19. The van der Waals surface area contributed by atoms with Gasteiger partial charge in [-0.05, 0) is 41.3 Å². The van der Waals surface area contributed by atoms with E-state index in [4.69, 9.17) is 16.3 Å². The van der Waals surface area contributed by atoms with Gasteiger partial charge in [-0.2, -0.15) is 0 Å². The topological polar surface area (TPSA) is 82.3 Å². The molecule has 32 heavy (non-hydrogen) atoms. The van der Waals surface area contributed by atoms with Gasteiger partial charge in [0.1, 0.15) is 22.8 Å². The molecule has 0 aliphatic heterocycles. The fourth-order valence-corrected chi connectivity index (χ4v) is 4.38. The third-order valence-corrected chi connectivity index (χ3v) is 6.12. The molecule has 0 spiro atoms. The molecule has 0 saturated heterocycles. The summed E-state index contributed by atoms with van der Waals surface area (Å²) in [6.07, 6.45) is 0. The summed E-state index contributed by atoms with van der Waals surface area (Å²) >= 11 is 7.18. The van der Waals surface area contributed by atoms with Crippen LogP contribution in [-0.2, 0) is 17.9 Å². The van der Waals surface area contributed by atoms with Gasteiger partial charge < -0.3 is 10.1 Å². The van der Waals surface area contributed by atoms with Gasteiger partial charge in [-0.15, -0.1) is 11.3 Å². The lowest BCUT2D eigenvalue weighted by Gasteiger charge is -2.14. The van der Waals surface area contributed by atoms with Gasteiger partial charge in [0.25, 0.3) is 5.56 Å². The second-order valence-corrected chi connectivity index (χ2v) is 8.15. The van der Waals surface area contributed by atoms with Crippen LogP contribution in [0.15, 0.2) is 63.5 Å². The number of ether oxygens (including phenoxy) is 1. The zero-order valence-electron chi connectivity index (χ0n) is 16.8. The molecule has 7 nitrogen and oxygen atoms in total. The minimum Gasteiger partial charge on any atom is -0.495 e. The zero-order chi connectivity index (χ0) is 22.8. The van der Waals surface area contributed by atoms with Crippen molar-refractivity contribution < 1.29 is 13.9 Å². The predicted molar refractivity (Wildman–Crippen MR) is 121 cm³/mol. The Kier molecular flexibility index (Phi) is 6.11. The van der Waals surface area contributed by atoms with E-state index in [2.05, 4.69) is 5.32 Å². The average molecular weight is 474 g/mol. The Labute approximate surface area is 190 Å². The highest BCUT2D eigenvalue weighted by molar-refractivity contribution is 7.17. The summed E-state index contributed by atoms with van der Waals surface area (Å²) in [4.78, 5) is 39.0. The number of para-hydroxylation sites is 2. The van der Waals surface area contributed by atoms with Gasteiger partial charge >= 0.3 is 5.69 Å². The maximum Gasteiger partial charge on any atom is 0.336 e. The molecular weight excluding hydrogens is 457 g/mol. The number of nitrogens with zero attached hydrogens (tertiary/aromatic N) is 2. The smallest absolute Gasteiger partial charge is 0.336 e. The molecule has 1 amide bonds. The normalized spacial score (nSPS) is 11.0. The third kappa shape index (κ3) is 4.04. The number of methoxy groups -OCH3 is 1. The Balaban J connectivity index is 1.71. The van der Waals surface area contributed by atoms with E-state index in [1.807, 2.05) is 0 Å². The summed E-state index contributed by atoms with van der Waals surface area (Å²) in [5, 5.41) is 4.55. The van der Waals surface area contributed by atoms with Crippen LogP contribution < -0.4 is 21.3 Å². The average Bonchev–Trinajstić information content (AvgIpc) is 3.27. The summed E-state index contributed by atoms with van der Waals surface area (Å²) < 4.78 is 21.1. The molecule has 4 rings (SSSR count). The van der Waals surface area contributed by atoms with E-state index in [-0.39, 0.29) is 23.8 Å². The minimum absolute atomic E-state index is 0.0611. The molecule has 2 aromatic carbocycles. The number of amides is 1. The van der Waals surface area contributed by atoms with Crippen LogP contribution in [0.4, 0.5) is 4.39 Å². The molecule has 1 N–H and O–H groups in total. The van der Waals surface area contributed by atoms with E-state index >= 15 is 0 Å². The van der Waals surface area contributed by atoms with Gasteiger partial charge in [-0.3, -0.25) is 14.2 Å². The van der Waals surface area contributed by atoms with E-state index in [9.17, 15) is 18.8 Å². The molecule has 10 heteroatoms. The van der Waals surface area contributed by atoms with Crippen LogP contribution in [0.2, 0.25) is 5.02 Å². The molecule has 0 fully saturated rings. The largest absolute Gasteiger partial charge is 0.495 e. The summed E-state index contributed by atoms with van der Waals surface area (Å²) in [6.45, 7) is -0.258. The number of hydrogen-bond donors (Lipinski definition) is 1. The Bertz CT molecular complexity index is 1440. The van der Waals surface area contributed by atoms with Gasteiger partial charge in [0, 0.05) is 11.6 Å². The number of thiophene rings is 1. The first-order valence-electron chi connectivity index (χ1n) is 9.47. The van der Waals surface area contributed by atoms with Crippen molar-refractivity contribution >= 4 is 39.1 Å². The molecule has 0 saturated carbocycles. The van der Waals surface area contributed by atoms with E-state index in [1.54, 1.807) is 35.7 Å². The number of carbonyl (C=O) groups excluding carboxylic acids is 1. The monoisotopic (exact) mass is 473 g/mol. The number of rotatable bonds is 6. The second kappa shape index (κ2) is 8.97. The molecule has 4 aromatic rings. The molecular formula is C22H17ClFN3O4S. The maximum atomic E-state index is 13.3. The SMILES string of the molecule is COc1ccccc1-n1c(=O)c2sccc2n(CC(=O)NCc2ccc(F)cc2Cl)c1=O. The van der Waals surface area contributed by atoms with Crippen molar-refractivity contribution in [1.29, 1.82) is 0 Å². The lowest BCUT2D eigenvalue weighted by molar-refractivity contribution is -0.121. The van der Waals surface area contributed by atoms with Crippen molar-refractivity contribution in [3.8, 4) is 11.4 Å². The van der Waals surface area contributed by atoms with Gasteiger partial charge in [-0.1, -0.05) is 29.8 Å². The molecule has 0 aliphatic rings. The Morgan fingerprint density at radius 2 is 1.97 bits per heavy atom. The van der Waals surface area contributed by atoms with E-state index in [0.29, 0.717) is 21.5 Å². The highest BCUT2D eigenvalue weighted by atomic mass is 35.5. The summed E-state index contributed by atoms with van der Waals surface area (Å²) in [6, 6.07) is 12.2. The number of halogens is 2. The number of fused-ring (bicyclic) bond motifs is 1. The van der Waals surface area contributed by atoms with Crippen molar-refractivity contribution in [2.45, 2.75) is 13.1 Å². The van der Waals surface area contributed by atoms with Crippen LogP contribution in [0, 0.1) is 5.82 Å². The standard InChI is InChI=1S/C22H17ClFN3O4S/c1-31-18-5-3-2-4-16(18)27-21(29)20-17(8-9-32-20)26(22(27)30)12-19(28)25-11-13-6-7-14(24)10-15(13)23/h2-10H,11-12H2,1H3,(H,25,28). The molecule has 0 unspecified atom stereocenters. The van der Waals surface area contributed by atoms with Gasteiger partial charge in [0.15, 0.2) is 0 Å². The molecule has 0 aliphatic carbocycles. The fourth-order valence-electron chi connectivity index (χ4n) is 3.33. The van der Waals surface area contributed by atoms with Crippen molar-refractivity contribution in [1.82, 2.24) is 14.5 Å². The summed E-state index contributed by atoms with van der Waals surface area (Å²) in [7, 11) is 1.44. The quantitative estimate of drug-likeness (QED) is 0.465. The first kappa shape index (κ1) is 21.8. The van der Waals surface area contributed by atoms with Crippen molar-refractivity contribution in [2.24, 2.45) is 0 Å². The van der Waals surface area contributed by atoms with Gasteiger partial charge in [0.05, 0.1) is 18.3 Å². The number of aromatic nitrogens is 2. The molecule has 0 bridgehead atoms. The molecule has 2 aromatic heterocycles. The third-order valence-electron chi connectivity index (χ3n) is 4.87. The highest BCUT2D eigenvalue weighted by Crippen LogP contribution is 2.22. The molecule has 2 heterocycles. The van der Waals surface area contributed by atoms with Crippen LogP contribution in [0.3, 0.4) is 0 Å². The van der Waals surface area contributed by atoms with E-state index in [0.717, 1.165) is 10.6 Å². The maximum absolute atomic E-state index is 13.3. The first-order chi connectivity index (χ1) is 15.4. The van der Waals surface area contributed by atoms with Crippen LogP contribution in [0.5, 0.6) is 5.75 Å².